The average Bonchev–Trinajstić information content (AvgIpc) is 2.80. The minimum Gasteiger partial charge on any atom is -0.397 e. The van der Waals surface area contributed by atoms with Crippen LogP contribution >= 0.6 is 39.1 Å². The number of nitrogens with zero attached hydrogens (tertiary/aromatic N) is 1. The molecule has 0 saturated heterocycles. The molecule has 0 fully saturated rings. The molecule has 0 unspecified atom stereocenters. The summed E-state index contributed by atoms with van der Waals surface area (Å²) < 4.78 is 2.43. The molecule has 0 saturated carbocycles. The first-order valence-electron chi connectivity index (χ1n) is 5.84. The highest BCUT2D eigenvalue weighted by Crippen LogP contribution is 2.36. The summed E-state index contributed by atoms with van der Waals surface area (Å²) in [5, 5.41) is 3.38. The number of carbonyl (C=O) groups is 1. The van der Waals surface area contributed by atoms with Crippen molar-refractivity contribution in [1.82, 2.24) is 4.57 Å². The Bertz CT molecular complexity index is 670. The SMILES string of the molecule is CCn1cc(N)cc1C(=O)Nc1ccc(Br)c(Cl)c1Cl. The lowest BCUT2D eigenvalue weighted by Crippen LogP contribution is -2.16. The number of aromatic nitrogens is 1. The second kappa shape index (κ2) is 6.08. The number of nitrogens with two attached hydrogens (primary N) is 1. The molecular formula is C13H12BrCl2N3O. The zero-order chi connectivity index (χ0) is 14.9. The van der Waals surface area contributed by atoms with Gasteiger partial charge in [0.25, 0.3) is 5.91 Å². The monoisotopic (exact) mass is 375 g/mol. The van der Waals surface area contributed by atoms with E-state index in [1.807, 2.05) is 6.92 Å². The van der Waals surface area contributed by atoms with E-state index in [1.54, 1.807) is 29.0 Å². The quantitative estimate of drug-likeness (QED) is 0.779. The largest absolute Gasteiger partial charge is 0.397 e. The van der Waals surface area contributed by atoms with Gasteiger partial charge in [-0.05, 0) is 41.1 Å². The molecule has 1 amide bonds. The molecule has 106 valence electrons. The molecule has 0 bridgehead atoms. The lowest BCUT2D eigenvalue weighted by molar-refractivity contribution is 0.101. The number of amides is 1. The number of nitrogen functional groups attached to an aromatic ring is 1. The van der Waals surface area contributed by atoms with Crippen molar-refractivity contribution in [2.24, 2.45) is 0 Å². The van der Waals surface area contributed by atoms with Crippen LogP contribution in [0.4, 0.5) is 11.4 Å². The Kier molecular flexibility index (Phi) is 4.62. The van der Waals surface area contributed by atoms with Crippen LogP contribution in [0.25, 0.3) is 0 Å². The molecule has 1 heterocycles. The highest BCUT2D eigenvalue weighted by Gasteiger charge is 2.15. The molecule has 0 spiro atoms. The van der Waals surface area contributed by atoms with Crippen LogP contribution in [-0.4, -0.2) is 10.5 Å². The van der Waals surface area contributed by atoms with Gasteiger partial charge >= 0.3 is 0 Å². The molecule has 2 rings (SSSR count). The van der Waals surface area contributed by atoms with Crippen molar-refractivity contribution in [3.05, 3.63) is 44.6 Å². The van der Waals surface area contributed by atoms with E-state index in [-0.39, 0.29) is 10.9 Å². The average molecular weight is 377 g/mol. The normalized spacial score (nSPS) is 10.6. The van der Waals surface area contributed by atoms with Gasteiger partial charge in [-0.3, -0.25) is 4.79 Å². The van der Waals surface area contributed by atoms with Gasteiger partial charge in [0.1, 0.15) is 5.69 Å². The third-order valence-corrected chi connectivity index (χ3v) is 4.55. The number of nitrogens with one attached hydrogen (secondary N) is 1. The third-order valence-electron chi connectivity index (χ3n) is 2.77. The van der Waals surface area contributed by atoms with Crippen LogP contribution < -0.4 is 11.1 Å². The zero-order valence-corrected chi connectivity index (χ0v) is 13.7. The van der Waals surface area contributed by atoms with Crippen molar-refractivity contribution in [3.8, 4) is 0 Å². The van der Waals surface area contributed by atoms with Crippen LogP contribution in [0, 0.1) is 0 Å². The molecule has 0 atom stereocenters. The van der Waals surface area contributed by atoms with Gasteiger partial charge in [0.05, 0.1) is 21.4 Å². The molecule has 2 aromatic rings. The number of hydrogen-bond donors (Lipinski definition) is 2. The van der Waals surface area contributed by atoms with Gasteiger partial charge in [0, 0.05) is 17.2 Å². The summed E-state index contributed by atoms with van der Waals surface area (Å²) in [6, 6.07) is 5.02. The predicted molar refractivity (Wildman–Crippen MR) is 86.6 cm³/mol. The molecule has 0 aliphatic rings. The molecule has 0 aliphatic carbocycles. The van der Waals surface area contributed by atoms with Gasteiger partial charge in [0.2, 0.25) is 0 Å². The first-order chi connectivity index (χ1) is 9.43. The second-order valence-corrected chi connectivity index (χ2v) is 5.73. The van der Waals surface area contributed by atoms with Gasteiger partial charge in [-0.1, -0.05) is 23.2 Å². The number of halogens is 3. The standard InChI is InChI=1S/C13H12BrCl2N3O/c1-2-19-6-7(17)5-10(19)13(20)18-9-4-3-8(14)11(15)12(9)16/h3-6H,2,17H2,1H3,(H,18,20). The molecule has 7 heteroatoms. The molecule has 4 nitrogen and oxygen atoms in total. The summed E-state index contributed by atoms with van der Waals surface area (Å²) in [4.78, 5) is 12.3. The Balaban J connectivity index is 2.30. The summed E-state index contributed by atoms with van der Waals surface area (Å²) in [6.45, 7) is 2.58. The maximum atomic E-state index is 12.3. The maximum absolute atomic E-state index is 12.3. The second-order valence-electron chi connectivity index (χ2n) is 4.12. The van der Waals surface area contributed by atoms with E-state index < -0.39 is 0 Å². The fourth-order valence-electron chi connectivity index (χ4n) is 1.79. The van der Waals surface area contributed by atoms with Gasteiger partial charge in [-0.2, -0.15) is 0 Å². The van der Waals surface area contributed by atoms with Crippen LogP contribution in [0.5, 0.6) is 0 Å². The summed E-state index contributed by atoms with van der Waals surface area (Å²) in [6.07, 6.45) is 1.71. The van der Waals surface area contributed by atoms with E-state index in [0.717, 1.165) is 0 Å². The van der Waals surface area contributed by atoms with Crippen LogP contribution in [-0.2, 0) is 6.54 Å². The van der Waals surface area contributed by atoms with Crippen molar-refractivity contribution in [3.63, 3.8) is 0 Å². The van der Waals surface area contributed by atoms with E-state index in [4.69, 9.17) is 28.9 Å². The number of aryl methyl sites for hydroxylation is 1. The van der Waals surface area contributed by atoms with Crippen LogP contribution in [0.15, 0.2) is 28.9 Å². The number of rotatable bonds is 3. The Hall–Kier alpha value is -1.17. The van der Waals surface area contributed by atoms with E-state index in [9.17, 15) is 4.79 Å². The lowest BCUT2D eigenvalue weighted by atomic mass is 10.3. The Morgan fingerprint density at radius 1 is 1.40 bits per heavy atom. The molecule has 0 aliphatic heterocycles. The summed E-state index contributed by atoms with van der Waals surface area (Å²) in [5.74, 6) is -0.288. The highest BCUT2D eigenvalue weighted by atomic mass is 79.9. The van der Waals surface area contributed by atoms with E-state index in [1.165, 1.54) is 0 Å². The third kappa shape index (κ3) is 2.95. The summed E-state index contributed by atoms with van der Waals surface area (Å²) >= 11 is 15.4. The molecule has 1 aromatic heterocycles. The Morgan fingerprint density at radius 2 is 2.10 bits per heavy atom. The highest BCUT2D eigenvalue weighted by molar-refractivity contribution is 9.10. The zero-order valence-electron chi connectivity index (χ0n) is 10.6. The number of carbonyl (C=O) groups excluding carboxylic acids is 1. The number of anilines is 2. The van der Waals surface area contributed by atoms with E-state index >= 15 is 0 Å². The summed E-state index contributed by atoms with van der Waals surface area (Å²) in [5.41, 5.74) is 7.17. The molecule has 20 heavy (non-hydrogen) atoms. The molecule has 3 N–H and O–H groups in total. The van der Waals surface area contributed by atoms with Gasteiger partial charge in [-0.25, -0.2) is 0 Å². The first-order valence-corrected chi connectivity index (χ1v) is 7.39. The summed E-state index contributed by atoms with van der Waals surface area (Å²) in [7, 11) is 0. The van der Waals surface area contributed by atoms with Gasteiger partial charge in [-0.15, -0.1) is 0 Å². The maximum Gasteiger partial charge on any atom is 0.272 e. The predicted octanol–water partition coefficient (Wildman–Crippen LogP) is 4.41. The van der Waals surface area contributed by atoms with Crippen molar-refractivity contribution in [1.29, 1.82) is 0 Å². The number of benzene rings is 1. The Labute approximate surface area is 135 Å². The fourth-order valence-corrected chi connectivity index (χ4v) is 2.62. The van der Waals surface area contributed by atoms with E-state index in [2.05, 4.69) is 21.2 Å². The van der Waals surface area contributed by atoms with Crippen molar-refractivity contribution in [2.75, 3.05) is 11.1 Å². The lowest BCUT2D eigenvalue weighted by Gasteiger charge is -2.10. The van der Waals surface area contributed by atoms with E-state index in [0.29, 0.717) is 33.1 Å². The van der Waals surface area contributed by atoms with Gasteiger partial charge < -0.3 is 15.6 Å². The minimum atomic E-state index is -0.288. The van der Waals surface area contributed by atoms with Crippen molar-refractivity contribution in [2.45, 2.75) is 13.5 Å². The van der Waals surface area contributed by atoms with Crippen LogP contribution in [0.3, 0.4) is 0 Å². The molecule has 0 radical (unpaired) electrons. The van der Waals surface area contributed by atoms with Crippen molar-refractivity contribution >= 4 is 56.4 Å². The molecular weight excluding hydrogens is 365 g/mol. The number of hydrogen-bond acceptors (Lipinski definition) is 2. The van der Waals surface area contributed by atoms with Gasteiger partial charge in [0.15, 0.2) is 0 Å². The van der Waals surface area contributed by atoms with Crippen LogP contribution in [0.1, 0.15) is 17.4 Å². The topological polar surface area (TPSA) is 60.0 Å². The smallest absolute Gasteiger partial charge is 0.272 e. The fraction of sp³-hybridized carbons (Fsp3) is 0.154. The Morgan fingerprint density at radius 3 is 2.75 bits per heavy atom. The minimum absolute atomic E-state index is 0.288. The molecule has 1 aromatic carbocycles. The first kappa shape index (κ1) is 15.2. The van der Waals surface area contributed by atoms with Crippen LogP contribution in [0.2, 0.25) is 10.0 Å². The van der Waals surface area contributed by atoms with Crippen molar-refractivity contribution < 1.29 is 4.79 Å².